The van der Waals surface area contributed by atoms with Gasteiger partial charge in [-0.1, -0.05) is 26.0 Å². The normalized spacial score (nSPS) is 16.5. The maximum absolute atomic E-state index is 5.58. The molecular formula is C20H30N4O. The van der Waals surface area contributed by atoms with Gasteiger partial charge in [0.1, 0.15) is 17.9 Å². The third-order valence-electron chi connectivity index (χ3n) is 5.35. The van der Waals surface area contributed by atoms with E-state index >= 15 is 0 Å². The molecule has 0 unspecified atom stereocenters. The van der Waals surface area contributed by atoms with E-state index in [-0.39, 0.29) is 0 Å². The fourth-order valence-electron chi connectivity index (χ4n) is 3.62. The van der Waals surface area contributed by atoms with Gasteiger partial charge in [-0.15, -0.1) is 10.2 Å². The van der Waals surface area contributed by atoms with E-state index in [0.29, 0.717) is 11.8 Å². The predicted octanol–water partition coefficient (Wildman–Crippen LogP) is 3.40. The van der Waals surface area contributed by atoms with Crippen LogP contribution in [0, 0.1) is 5.92 Å². The first kappa shape index (κ1) is 17.9. The minimum absolute atomic E-state index is 0.543. The third kappa shape index (κ3) is 4.40. The summed E-state index contributed by atoms with van der Waals surface area (Å²) in [6.45, 7) is 7.72. The summed E-state index contributed by atoms with van der Waals surface area (Å²) in [5, 5.41) is 8.22. The zero-order chi connectivity index (χ0) is 17.8. The van der Waals surface area contributed by atoms with Gasteiger partial charge in [-0.2, -0.15) is 0 Å². The zero-order valence-corrected chi connectivity index (χ0v) is 15.9. The number of benzene rings is 1. The molecule has 2 aromatic rings. The molecule has 1 aliphatic heterocycles. The van der Waals surface area contributed by atoms with E-state index in [1.165, 1.54) is 24.0 Å². The molecule has 1 saturated heterocycles. The number of piperidine rings is 1. The molecule has 0 saturated carbocycles. The average Bonchev–Trinajstić information content (AvgIpc) is 3.01. The molecule has 0 atom stereocenters. The second kappa shape index (κ2) is 8.00. The molecule has 5 heteroatoms. The summed E-state index contributed by atoms with van der Waals surface area (Å²) in [4.78, 5) is 2.55. The Balaban J connectivity index is 1.58. The second-order valence-corrected chi connectivity index (χ2v) is 7.51. The lowest BCUT2D eigenvalue weighted by Crippen LogP contribution is -2.34. The van der Waals surface area contributed by atoms with Crippen LogP contribution in [-0.2, 0) is 20.0 Å². The Morgan fingerprint density at radius 3 is 2.60 bits per heavy atom. The minimum Gasteiger partial charge on any atom is -0.496 e. The SMILES string of the molecule is COc1ccc(C(C)C)cc1CN1CCC(Cc2nncn2C)CC1. The van der Waals surface area contributed by atoms with Crippen LogP contribution in [0.2, 0.25) is 0 Å². The van der Waals surface area contributed by atoms with E-state index in [1.807, 2.05) is 11.6 Å². The van der Waals surface area contributed by atoms with Crippen molar-refractivity contribution in [2.75, 3.05) is 20.2 Å². The van der Waals surface area contributed by atoms with Crippen molar-refractivity contribution >= 4 is 0 Å². The van der Waals surface area contributed by atoms with Gasteiger partial charge in [0.2, 0.25) is 0 Å². The van der Waals surface area contributed by atoms with Crippen LogP contribution in [0.25, 0.3) is 0 Å². The number of methoxy groups -OCH3 is 1. The molecule has 0 radical (unpaired) electrons. The smallest absolute Gasteiger partial charge is 0.132 e. The van der Waals surface area contributed by atoms with Crippen molar-refractivity contribution in [2.24, 2.45) is 13.0 Å². The van der Waals surface area contributed by atoms with E-state index in [2.05, 4.69) is 47.1 Å². The average molecular weight is 342 g/mol. The van der Waals surface area contributed by atoms with Crippen molar-refractivity contribution < 1.29 is 4.74 Å². The molecule has 1 aromatic heterocycles. The fourth-order valence-corrected chi connectivity index (χ4v) is 3.62. The quantitative estimate of drug-likeness (QED) is 0.807. The molecule has 1 aromatic carbocycles. The van der Waals surface area contributed by atoms with Gasteiger partial charge in [-0.05, 0) is 49.4 Å². The maximum Gasteiger partial charge on any atom is 0.132 e. The lowest BCUT2D eigenvalue weighted by Gasteiger charge is -2.32. The first-order chi connectivity index (χ1) is 12.1. The molecule has 0 N–H and O–H groups in total. The molecule has 5 nitrogen and oxygen atoms in total. The van der Waals surface area contributed by atoms with Crippen molar-refractivity contribution in [1.29, 1.82) is 0 Å². The first-order valence-corrected chi connectivity index (χ1v) is 9.29. The summed E-state index contributed by atoms with van der Waals surface area (Å²) in [5.41, 5.74) is 2.69. The summed E-state index contributed by atoms with van der Waals surface area (Å²) in [6.07, 6.45) is 5.27. The number of ether oxygens (including phenoxy) is 1. The summed E-state index contributed by atoms with van der Waals surface area (Å²) in [5.74, 6) is 3.36. The van der Waals surface area contributed by atoms with E-state index in [1.54, 1.807) is 13.4 Å². The number of aromatic nitrogens is 3. The summed E-state index contributed by atoms with van der Waals surface area (Å²) >= 11 is 0. The topological polar surface area (TPSA) is 43.2 Å². The van der Waals surface area contributed by atoms with E-state index in [9.17, 15) is 0 Å². The van der Waals surface area contributed by atoms with Gasteiger partial charge < -0.3 is 9.30 Å². The number of hydrogen-bond acceptors (Lipinski definition) is 4. The molecule has 0 spiro atoms. The molecule has 2 heterocycles. The Hall–Kier alpha value is -1.88. The van der Waals surface area contributed by atoms with Gasteiger partial charge in [0.05, 0.1) is 7.11 Å². The van der Waals surface area contributed by atoms with Crippen molar-refractivity contribution in [3.8, 4) is 5.75 Å². The van der Waals surface area contributed by atoms with Crippen molar-refractivity contribution in [1.82, 2.24) is 19.7 Å². The van der Waals surface area contributed by atoms with Crippen molar-refractivity contribution in [3.05, 3.63) is 41.5 Å². The summed E-state index contributed by atoms with van der Waals surface area (Å²) in [7, 11) is 3.79. The van der Waals surface area contributed by atoms with E-state index < -0.39 is 0 Å². The van der Waals surface area contributed by atoms with Crippen molar-refractivity contribution in [2.45, 2.75) is 45.6 Å². The lowest BCUT2D eigenvalue weighted by atomic mass is 9.92. The van der Waals surface area contributed by atoms with Crippen LogP contribution in [-0.4, -0.2) is 39.9 Å². The molecule has 0 aliphatic carbocycles. The largest absolute Gasteiger partial charge is 0.496 e. The molecule has 0 amide bonds. The highest BCUT2D eigenvalue weighted by molar-refractivity contribution is 5.38. The number of aryl methyl sites for hydroxylation is 1. The van der Waals surface area contributed by atoms with Crippen LogP contribution in [0.3, 0.4) is 0 Å². The molecule has 25 heavy (non-hydrogen) atoms. The Bertz CT molecular complexity index is 687. The Kier molecular flexibility index (Phi) is 5.74. The third-order valence-corrected chi connectivity index (χ3v) is 5.35. The molecular weight excluding hydrogens is 312 g/mol. The van der Waals surface area contributed by atoms with Crippen LogP contribution in [0.15, 0.2) is 24.5 Å². The summed E-state index contributed by atoms with van der Waals surface area (Å²) < 4.78 is 7.62. The molecule has 3 rings (SSSR count). The van der Waals surface area contributed by atoms with Gasteiger partial charge in [0.25, 0.3) is 0 Å². The van der Waals surface area contributed by atoms with Gasteiger partial charge >= 0.3 is 0 Å². The Morgan fingerprint density at radius 2 is 2.00 bits per heavy atom. The molecule has 1 fully saturated rings. The number of nitrogens with zero attached hydrogens (tertiary/aromatic N) is 4. The van der Waals surface area contributed by atoms with Gasteiger partial charge in [-0.3, -0.25) is 4.90 Å². The fraction of sp³-hybridized carbons (Fsp3) is 0.600. The molecule has 136 valence electrons. The zero-order valence-electron chi connectivity index (χ0n) is 15.9. The number of hydrogen-bond donors (Lipinski definition) is 0. The second-order valence-electron chi connectivity index (χ2n) is 7.51. The standard InChI is InChI=1S/C20H30N4O/c1-15(2)17-5-6-19(25-4)18(12-17)13-24-9-7-16(8-10-24)11-20-22-21-14-23(20)3/h5-6,12,14-16H,7-11,13H2,1-4H3. The maximum atomic E-state index is 5.58. The van der Waals surface area contributed by atoms with E-state index in [4.69, 9.17) is 4.74 Å². The highest BCUT2D eigenvalue weighted by atomic mass is 16.5. The molecule has 1 aliphatic rings. The molecule has 0 bridgehead atoms. The monoisotopic (exact) mass is 342 g/mol. The van der Waals surface area contributed by atoms with Crippen LogP contribution in [0.5, 0.6) is 5.75 Å². The van der Waals surface area contributed by atoms with Crippen LogP contribution in [0.4, 0.5) is 0 Å². The number of likely N-dealkylation sites (tertiary alicyclic amines) is 1. The predicted molar refractivity (Wildman–Crippen MR) is 99.8 cm³/mol. The summed E-state index contributed by atoms with van der Waals surface area (Å²) in [6, 6.07) is 6.61. The van der Waals surface area contributed by atoms with Crippen LogP contribution < -0.4 is 4.74 Å². The Labute approximate surface area is 151 Å². The van der Waals surface area contributed by atoms with Crippen molar-refractivity contribution in [3.63, 3.8) is 0 Å². The first-order valence-electron chi connectivity index (χ1n) is 9.29. The van der Waals surface area contributed by atoms with Gasteiger partial charge in [0, 0.05) is 25.6 Å². The lowest BCUT2D eigenvalue weighted by molar-refractivity contribution is 0.174. The van der Waals surface area contributed by atoms with Gasteiger partial charge in [0.15, 0.2) is 0 Å². The minimum atomic E-state index is 0.543. The van der Waals surface area contributed by atoms with Crippen LogP contribution >= 0.6 is 0 Å². The van der Waals surface area contributed by atoms with Crippen LogP contribution in [0.1, 0.15) is 49.6 Å². The highest BCUT2D eigenvalue weighted by Crippen LogP contribution is 2.28. The Morgan fingerprint density at radius 1 is 1.24 bits per heavy atom. The number of rotatable bonds is 6. The van der Waals surface area contributed by atoms with E-state index in [0.717, 1.165) is 37.6 Å². The highest BCUT2D eigenvalue weighted by Gasteiger charge is 2.22. The van der Waals surface area contributed by atoms with Gasteiger partial charge in [-0.25, -0.2) is 0 Å².